The highest BCUT2D eigenvalue weighted by molar-refractivity contribution is 6.03. The molecule has 5 rings (SSSR count). The monoisotopic (exact) mass is 444 g/mol. The molecule has 10 heteroatoms. The van der Waals surface area contributed by atoms with Gasteiger partial charge in [0.15, 0.2) is 17.5 Å². The number of rotatable bonds is 6. The average Bonchev–Trinajstić information content (AvgIpc) is 3.51. The Morgan fingerprint density at radius 2 is 1.78 bits per heavy atom. The molecule has 1 atom stereocenters. The Morgan fingerprint density at radius 3 is 2.47 bits per heavy atom. The maximum Gasteiger partial charge on any atom is 0.387 e. The number of alkyl halides is 2. The zero-order chi connectivity index (χ0) is 22.4. The van der Waals surface area contributed by atoms with Crippen LogP contribution < -0.4 is 14.8 Å². The van der Waals surface area contributed by atoms with Crippen molar-refractivity contribution in [2.75, 3.05) is 5.32 Å². The van der Waals surface area contributed by atoms with E-state index in [1.807, 2.05) is 0 Å². The van der Waals surface area contributed by atoms with Crippen LogP contribution >= 0.6 is 0 Å². The van der Waals surface area contributed by atoms with Gasteiger partial charge in [0.1, 0.15) is 11.4 Å². The van der Waals surface area contributed by atoms with Gasteiger partial charge in [-0.2, -0.15) is 13.5 Å². The minimum Gasteiger partial charge on any atom is -0.619 e. The Morgan fingerprint density at radius 1 is 1.06 bits per heavy atom. The average molecular weight is 444 g/mol. The van der Waals surface area contributed by atoms with Crippen molar-refractivity contribution in [3.05, 3.63) is 76.9 Å². The van der Waals surface area contributed by atoms with E-state index in [1.54, 1.807) is 0 Å². The molecule has 0 amide bonds. The van der Waals surface area contributed by atoms with E-state index in [1.165, 1.54) is 36.7 Å². The first kappa shape index (κ1) is 20.2. The van der Waals surface area contributed by atoms with Crippen LogP contribution in [0.4, 0.5) is 34.8 Å². The zero-order valence-electron chi connectivity index (χ0n) is 16.4. The molecule has 32 heavy (non-hydrogen) atoms. The lowest BCUT2D eigenvalue weighted by Gasteiger charge is -2.15. The third kappa shape index (κ3) is 3.95. The van der Waals surface area contributed by atoms with Gasteiger partial charge in [0.25, 0.3) is 0 Å². The molecule has 0 spiro atoms. The van der Waals surface area contributed by atoms with Crippen LogP contribution in [0.15, 0.2) is 53.8 Å². The molecule has 1 N–H and O–H groups in total. The van der Waals surface area contributed by atoms with Gasteiger partial charge >= 0.3 is 6.61 Å². The highest BCUT2D eigenvalue weighted by Crippen LogP contribution is 2.47. The number of nitrogens with one attached hydrogen (secondary N) is 1. The van der Waals surface area contributed by atoms with Crippen molar-refractivity contribution < 1.29 is 27.0 Å². The predicted octanol–water partition coefficient (Wildman–Crippen LogP) is 4.97. The molecule has 1 unspecified atom stereocenters. The summed E-state index contributed by atoms with van der Waals surface area (Å²) < 4.78 is 57.2. The number of hydrogen-bond acceptors (Lipinski definition) is 5. The number of ether oxygens (including phenoxy) is 1. The third-order valence-corrected chi connectivity index (χ3v) is 5.33. The first-order chi connectivity index (χ1) is 15.4. The predicted molar refractivity (Wildman–Crippen MR) is 108 cm³/mol. The quantitative estimate of drug-likeness (QED) is 0.331. The molecule has 0 radical (unpaired) electrons. The lowest BCUT2D eigenvalue weighted by molar-refractivity contribution is -0.605. The Labute approximate surface area is 179 Å². The molecular formula is C22H16F4N4O2. The SMILES string of the molecule is [O-][n+]1cc(Nc2ccc(OC(F)F)cc2)nc(C2C(C3CC3)=Nc3cc(F)c(F)cc32)c1. The van der Waals surface area contributed by atoms with E-state index < -0.39 is 24.2 Å². The van der Waals surface area contributed by atoms with Crippen molar-refractivity contribution in [1.29, 1.82) is 0 Å². The van der Waals surface area contributed by atoms with Gasteiger partial charge in [-0.05, 0) is 54.7 Å². The second-order valence-corrected chi connectivity index (χ2v) is 7.64. The Hall–Kier alpha value is -3.69. The highest BCUT2D eigenvalue weighted by Gasteiger charge is 2.41. The number of aromatic nitrogens is 2. The number of hydrogen-bond donors (Lipinski definition) is 1. The van der Waals surface area contributed by atoms with Crippen molar-refractivity contribution in [2.45, 2.75) is 25.4 Å². The smallest absolute Gasteiger partial charge is 0.387 e. The Balaban J connectivity index is 1.47. The summed E-state index contributed by atoms with van der Waals surface area (Å²) >= 11 is 0. The Kier molecular flexibility index (Phi) is 4.91. The van der Waals surface area contributed by atoms with Gasteiger partial charge in [-0.1, -0.05) is 0 Å². The minimum atomic E-state index is -2.93. The van der Waals surface area contributed by atoms with Crippen molar-refractivity contribution in [1.82, 2.24) is 4.98 Å². The van der Waals surface area contributed by atoms with Gasteiger partial charge < -0.3 is 15.3 Å². The summed E-state index contributed by atoms with van der Waals surface area (Å²) in [5.41, 5.74) is 2.38. The standard InChI is InChI=1S/C22H16F4N4O2/c23-15-7-14-17(8-16(15)24)29-21(11-1-2-11)20(14)18-9-30(31)10-19(28-18)27-12-3-5-13(6-4-12)32-22(25)26/h3-11,20,22H,1-2H2,(H,27,28). The van der Waals surface area contributed by atoms with Gasteiger partial charge in [0.2, 0.25) is 12.4 Å². The number of anilines is 2. The number of benzene rings is 2. The van der Waals surface area contributed by atoms with Crippen LogP contribution in [0.5, 0.6) is 5.75 Å². The van der Waals surface area contributed by atoms with E-state index in [4.69, 9.17) is 0 Å². The second-order valence-electron chi connectivity index (χ2n) is 7.64. The lowest BCUT2D eigenvalue weighted by atomic mass is 9.90. The molecule has 1 aliphatic heterocycles. The minimum absolute atomic E-state index is 0.00624. The lowest BCUT2D eigenvalue weighted by Crippen LogP contribution is -2.29. The second kappa shape index (κ2) is 7.77. The number of aliphatic imine (C=N–C) groups is 1. The van der Waals surface area contributed by atoms with E-state index in [0.29, 0.717) is 27.4 Å². The summed E-state index contributed by atoms with van der Waals surface area (Å²) in [5, 5.41) is 15.3. The van der Waals surface area contributed by atoms with Gasteiger partial charge in [-0.25, -0.2) is 13.8 Å². The van der Waals surface area contributed by atoms with Crippen LogP contribution in [-0.2, 0) is 0 Å². The molecule has 0 saturated heterocycles. The maximum absolute atomic E-state index is 14.0. The van der Waals surface area contributed by atoms with Crippen LogP contribution in [-0.4, -0.2) is 17.3 Å². The van der Waals surface area contributed by atoms with Crippen LogP contribution in [0.25, 0.3) is 0 Å². The topological polar surface area (TPSA) is 73.5 Å². The van der Waals surface area contributed by atoms with Crippen molar-refractivity contribution in [3.8, 4) is 5.75 Å². The van der Waals surface area contributed by atoms with Crippen LogP contribution in [0.3, 0.4) is 0 Å². The molecule has 6 nitrogen and oxygen atoms in total. The fraction of sp³-hybridized carbons (Fsp3) is 0.227. The summed E-state index contributed by atoms with van der Waals surface area (Å²) in [6.07, 6.45) is 4.32. The molecule has 1 aromatic heterocycles. The third-order valence-electron chi connectivity index (χ3n) is 5.33. The van der Waals surface area contributed by atoms with Gasteiger partial charge in [-0.15, -0.1) is 0 Å². The fourth-order valence-corrected chi connectivity index (χ4v) is 3.81. The molecule has 2 heterocycles. The highest BCUT2D eigenvalue weighted by atomic mass is 19.3. The van der Waals surface area contributed by atoms with E-state index >= 15 is 0 Å². The molecule has 1 saturated carbocycles. The summed E-state index contributed by atoms with van der Waals surface area (Å²) in [5.74, 6) is -2.16. The largest absolute Gasteiger partial charge is 0.619 e. The number of fused-ring (bicyclic) bond motifs is 1. The fourth-order valence-electron chi connectivity index (χ4n) is 3.81. The van der Waals surface area contributed by atoms with Gasteiger partial charge in [0, 0.05) is 17.5 Å². The zero-order valence-corrected chi connectivity index (χ0v) is 16.4. The summed E-state index contributed by atoms with van der Waals surface area (Å²) in [6, 6.07) is 7.87. The maximum atomic E-state index is 14.0. The van der Waals surface area contributed by atoms with Crippen LogP contribution in [0.1, 0.15) is 30.0 Å². The molecule has 0 bridgehead atoms. The van der Waals surface area contributed by atoms with Gasteiger partial charge in [0.05, 0.1) is 11.6 Å². The van der Waals surface area contributed by atoms with Crippen molar-refractivity contribution in [2.24, 2.45) is 10.9 Å². The van der Waals surface area contributed by atoms with Gasteiger partial charge in [-0.3, -0.25) is 4.99 Å². The first-order valence-corrected chi connectivity index (χ1v) is 9.87. The number of nitrogens with zero attached hydrogens (tertiary/aromatic N) is 3. The van der Waals surface area contributed by atoms with Crippen molar-refractivity contribution >= 4 is 22.9 Å². The van der Waals surface area contributed by atoms with E-state index in [9.17, 15) is 22.8 Å². The molecule has 1 aliphatic carbocycles. The van der Waals surface area contributed by atoms with E-state index in [-0.39, 0.29) is 17.5 Å². The molecular weight excluding hydrogens is 428 g/mol. The molecule has 164 valence electrons. The molecule has 2 aromatic carbocycles. The summed E-state index contributed by atoms with van der Waals surface area (Å²) in [4.78, 5) is 9.03. The first-order valence-electron chi connectivity index (χ1n) is 9.87. The van der Waals surface area contributed by atoms with E-state index in [0.717, 1.165) is 30.7 Å². The van der Waals surface area contributed by atoms with E-state index in [2.05, 4.69) is 20.0 Å². The summed E-state index contributed by atoms with van der Waals surface area (Å²) in [6.45, 7) is -2.93. The summed E-state index contributed by atoms with van der Waals surface area (Å²) in [7, 11) is 0. The Bertz CT molecular complexity index is 1210. The van der Waals surface area contributed by atoms with Crippen LogP contribution in [0, 0.1) is 22.8 Å². The van der Waals surface area contributed by atoms with Crippen LogP contribution in [0.2, 0.25) is 0 Å². The molecule has 3 aromatic rings. The normalized spacial score (nSPS) is 17.3. The van der Waals surface area contributed by atoms with Crippen molar-refractivity contribution in [3.63, 3.8) is 0 Å². The molecule has 1 fully saturated rings. The molecule has 2 aliphatic rings. The number of halogens is 4.